The number of benzene rings is 6. The van der Waals surface area contributed by atoms with Gasteiger partial charge in [-0.15, -0.1) is 0 Å². The Labute approximate surface area is 364 Å². The minimum absolute atomic E-state index is 2.68. The van der Waals surface area contributed by atoms with E-state index in [0.29, 0.717) is 0 Å². The molecule has 0 saturated carbocycles. The molecule has 0 aliphatic rings. The summed E-state index contributed by atoms with van der Waals surface area (Å²) in [4.78, 5) is 0. The van der Waals surface area contributed by atoms with Crippen molar-refractivity contribution in [2.45, 2.75) is 0 Å². The molecule has 0 aliphatic carbocycles. The van der Waals surface area contributed by atoms with E-state index < -0.39 is 221 Å². The lowest BCUT2D eigenvalue weighted by atomic mass is 9.36. The lowest BCUT2D eigenvalue weighted by Crippen LogP contribution is -2.60. The molecule has 0 aromatic heterocycles. The highest BCUT2D eigenvalue weighted by atomic mass is 19.2. The summed E-state index contributed by atoms with van der Waals surface area (Å²) in [5.74, 6) is -90.4. The molecule has 0 aliphatic heterocycles. The Balaban J connectivity index is 0.000000294. The first-order valence-corrected chi connectivity index (χ1v) is 16.6. The van der Waals surface area contributed by atoms with Crippen LogP contribution in [-0.2, 0) is 0 Å². The second-order valence-corrected chi connectivity index (χ2v) is 12.8. The van der Waals surface area contributed by atoms with Gasteiger partial charge in [0.2, 0.25) is 0 Å². The minimum Gasteiger partial charge on any atom is -0.512 e. The van der Waals surface area contributed by atoms with Crippen molar-refractivity contribution in [3.8, 4) is 0 Å². The highest BCUT2D eigenvalue weighted by Gasteiger charge is 2.47. The second-order valence-electron chi connectivity index (χ2n) is 12.8. The zero-order valence-electron chi connectivity index (χ0n) is 31.4. The van der Waals surface area contributed by atoms with Gasteiger partial charge in [-0.1, -0.05) is 0 Å². The Morgan fingerprint density at radius 1 is 0.143 bits per heavy atom. The third-order valence-electron chi connectivity index (χ3n) is 9.19. The molecule has 6 aromatic rings. The molecule has 70 heavy (non-hydrogen) atoms. The van der Waals surface area contributed by atoms with Crippen molar-refractivity contribution >= 4 is 46.2 Å². The summed E-state index contributed by atoms with van der Waals surface area (Å²) in [5.41, 5.74) is -16.1. The molecule has 0 heterocycles. The molecular formula is C37B2F30N-. The monoisotopic (exact) mass is 1050 g/mol. The van der Waals surface area contributed by atoms with Crippen LogP contribution in [-0.4, -0.2) is 13.4 Å². The SMILES string of the molecule is Fc1c(F)c(F)c(B(c2c(F)c(F)c(F)c(F)c2F)c2c(F)c(F)c(F)c(F)c2F)c(F)c1F.Fc1c(F)c(F)c(B(c2c(F)c(F)c(F)c(F)c2F)c2c(F)c(F)c(F)c(F)c2F)c(F)c1F.[C-]#N. The van der Waals surface area contributed by atoms with E-state index >= 15 is 0 Å². The molecule has 6 rings (SSSR count). The minimum atomic E-state index is -3.96. The van der Waals surface area contributed by atoms with E-state index in [1.54, 1.807) is 0 Å². The molecule has 0 bridgehead atoms. The predicted molar refractivity (Wildman–Crippen MR) is 172 cm³/mol. The van der Waals surface area contributed by atoms with Gasteiger partial charge >= 0.3 is 0 Å². The van der Waals surface area contributed by atoms with Crippen molar-refractivity contribution in [2.24, 2.45) is 0 Å². The third-order valence-corrected chi connectivity index (χ3v) is 9.19. The first-order chi connectivity index (χ1) is 32.3. The zero-order chi connectivity index (χ0) is 53.9. The van der Waals surface area contributed by atoms with Crippen molar-refractivity contribution in [3.63, 3.8) is 0 Å². The molecule has 0 atom stereocenters. The van der Waals surface area contributed by atoms with Crippen LogP contribution in [0, 0.1) is 186 Å². The van der Waals surface area contributed by atoms with Crippen molar-refractivity contribution in [1.82, 2.24) is 0 Å². The first-order valence-electron chi connectivity index (χ1n) is 16.6. The average molecular weight is 1050 g/mol. The maximum Gasteiger partial charge on any atom is 0.265 e. The number of nitrogens with zero attached hydrogens (tertiary/aromatic N) is 1. The fourth-order valence-corrected chi connectivity index (χ4v) is 6.12. The molecule has 1 nitrogen and oxygen atoms in total. The van der Waals surface area contributed by atoms with E-state index in [2.05, 4.69) is 0 Å². The van der Waals surface area contributed by atoms with Gasteiger partial charge in [-0.3, -0.25) is 0 Å². The van der Waals surface area contributed by atoms with Crippen molar-refractivity contribution in [1.29, 1.82) is 5.26 Å². The fraction of sp³-hybridized carbons (Fsp3) is 0. The summed E-state index contributed by atoms with van der Waals surface area (Å²) in [7, 11) is 0. The molecule has 6 aromatic carbocycles. The van der Waals surface area contributed by atoms with Gasteiger partial charge in [-0.05, 0) is 0 Å². The molecule has 0 fully saturated rings. The third kappa shape index (κ3) is 8.42. The van der Waals surface area contributed by atoms with E-state index in [4.69, 9.17) is 11.8 Å². The zero-order valence-corrected chi connectivity index (χ0v) is 31.4. The topological polar surface area (TPSA) is 23.8 Å². The predicted octanol–water partition coefficient (Wildman–Crippen LogP) is 8.67. The van der Waals surface area contributed by atoms with Crippen molar-refractivity contribution in [2.75, 3.05) is 0 Å². The van der Waals surface area contributed by atoms with Crippen LogP contribution < -0.4 is 32.8 Å². The van der Waals surface area contributed by atoms with Gasteiger partial charge in [-0.25, -0.2) is 132 Å². The summed E-state index contributed by atoms with van der Waals surface area (Å²) in [6, 6.07) is 0. The van der Waals surface area contributed by atoms with Crippen LogP contribution in [0.2, 0.25) is 0 Å². The average Bonchev–Trinajstić information content (AvgIpc) is 3.34. The molecule has 0 amide bonds. The number of hydrogen-bond donors (Lipinski definition) is 0. The van der Waals surface area contributed by atoms with Crippen LogP contribution in [0.4, 0.5) is 132 Å². The van der Waals surface area contributed by atoms with Crippen LogP contribution in [0.5, 0.6) is 0 Å². The molecule has 33 heteroatoms. The molecule has 370 valence electrons. The van der Waals surface area contributed by atoms with Crippen LogP contribution in [0.1, 0.15) is 0 Å². The van der Waals surface area contributed by atoms with Gasteiger partial charge in [0.25, 0.3) is 13.4 Å². The highest BCUT2D eigenvalue weighted by molar-refractivity contribution is 6.96. The lowest BCUT2D eigenvalue weighted by Gasteiger charge is -2.21. The maximum atomic E-state index is 14.4. The Kier molecular flexibility index (Phi) is 15.9. The van der Waals surface area contributed by atoms with Crippen LogP contribution >= 0.6 is 0 Å². The Hall–Kier alpha value is -7.16. The normalized spacial score (nSPS) is 11.1. The van der Waals surface area contributed by atoms with E-state index in [1.807, 2.05) is 0 Å². The van der Waals surface area contributed by atoms with E-state index in [9.17, 15) is 132 Å². The van der Waals surface area contributed by atoms with Gasteiger partial charge in [0.15, 0.2) is 175 Å². The van der Waals surface area contributed by atoms with Crippen LogP contribution in [0.15, 0.2) is 0 Å². The largest absolute Gasteiger partial charge is 0.512 e. The van der Waals surface area contributed by atoms with E-state index in [0.717, 1.165) is 0 Å². The molecule has 0 radical (unpaired) electrons. The van der Waals surface area contributed by atoms with Gasteiger partial charge in [0, 0.05) is 32.8 Å². The molecule has 0 N–H and O–H groups in total. The maximum absolute atomic E-state index is 14.4. The molecule has 0 saturated heterocycles. The summed E-state index contributed by atoms with van der Waals surface area (Å²) >= 11 is 0. The summed E-state index contributed by atoms with van der Waals surface area (Å²) in [5, 5.41) is 6.25. The standard InChI is InChI=1S/2C18BF15.CN/c2*20-4-1(5(21)11(27)16(32)10(4)26)19(2-6(22)12(28)17(33)13(29)7(2)23)3-8(24)14(30)18(34)15(31)9(3)25;1-2/q;;-1. The fourth-order valence-electron chi connectivity index (χ4n) is 6.12. The smallest absolute Gasteiger partial charge is 0.265 e. The van der Waals surface area contributed by atoms with Crippen LogP contribution in [0.25, 0.3) is 0 Å². The summed E-state index contributed by atoms with van der Waals surface area (Å²) in [6.45, 7) is -3.17. The quantitative estimate of drug-likeness (QED) is 0.0539. The van der Waals surface area contributed by atoms with Crippen molar-refractivity contribution < 1.29 is 132 Å². The van der Waals surface area contributed by atoms with Gasteiger partial charge in [0.05, 0.1) is 0 Å². The lowest BCUT2D eigenvalue weighted by molar-refractivity contribution is 0.380. The van der Waals surface area contributed by atoms with Gasteiger partial charge in [0.1, 0.15) is 0 Å². The second kappa shape index (κ2) is 20.1. The molecular weight excluding hydrogens is 1050 g/mol. The van der Waals surface area contributed by atoms with E-state index in [1.165, 1.54) is 0 Å². The van der Waals surface area contributed by atoms with Gasteiger partial charge < -0.3 is 11.8 Å². The number of halogens is 30. The Morgan fingerprint density at radius 3 is 0.271 bits per heavy atom. The Morgan fingerprint density at radius 2 is 0.200 bits per heavy atom. The van der Waals surface area contributed by atoms with Gasteiger partial charge in [-0.2, -0.15) is 0 Å². The highest BCUT2D eigenvalue weighted by Crippen LogP contribution is 2.26. The molecule has 0 unspecified atom stereocenters. The number of hydrogen-bond acceptors (Lipinski definition) is 1. The first kappa shape index (κ1) is 55.4. The molecule has 0 spiro atoms. The Bertz CT molecular complexity index is 2500. The summed E-state index contributed by atoms with van der Waals surface area (Å²) < 4.78 is 417. The number of rotatable bonds is 6. The van der Waals surface area contributed by atoms with Crippen LogP contribution in [0.3, 0.4) is 0 Å². The van der Waals surface area contributed by atoms with Crippen molar-refractivity contribution in [3.05, 3.63) is 181 Å². The van der Waals surface area contributed by atoms with E-state index in [-0.39, 0.29) is 0 Å². The summed E-state index contributed by atoms with van der Waals surface area (Å²) in [6.07, 6.45) is 0.